The van der Waals surface area contributed by atoms with Crippen LogP contribution in [0.15, 0.2) is 28.1 Å². The molecule has 3 nitrogen and oxygen atoms in total. The summed E-state index contributed by atoms with van der Waals surface area (Å²) in [6.45, 7) is 0. The van der Waals surface area contributed by atoms with Crippen molar-refractivity contribution in [2.45, 2.75) is 6.42 Å². The molecule has 0 aliphatic carbocycles. The number of thiazole rings is 1. The van der Waals surface area contributed by atoms with E-state index in [0.29, 0.717) is 16.3 Å². The summed E-state index contributed by atoms with van der Waals surface area (Å²) < 4.78 is 14.4. The van der Waals surface area contributed by atoms with Crippen LogP contribution >= 0.6 is 27.3 Å². The highest BCUT2D eigenvalue weighted by atomic mass is 79.9. The Balaban J connectivity index is 2.36. The summed E-state index contributed by atoms with van der Waals surface area (Å²) in [5, 5.41) is 2.30. The highest BCUT2D eigenvalue weighted by molar-refractivity contribution is 9.10. The molecule has 88 valence electrons. The van der Waals surface area contributed by atoms with Crippen molar-refractivity contribution in [2.24, 2.45) is 5.73 Å². The fraction of sp³-hybridized carbons (Fsp3) is 0.0909. The van der Waals surface area contributed by atoms with Crippen molar-refractivity contribution in [1.82, 2.24) is 4.98 Å². The molecule has 0 saturated heterocycles. The van der Waals surface area contributed by atoms with E-state index in [2.05, 4.69) is 20.9 Å². The lowest BCUT2D eigenvalue weighted by atomic mass is 10.1. The van der Waals surface area contributed by atoms with Crippen molar-refractivity contribution < 1.29 is 9.18 Å². The Morgan fingerprint density at radius 2 is 2.29 bits per heavy atom. The number of rotatable bonds is 3. The SMILES string of the molecule is NC(=O)Cc1nc(-c2cc(Br)ccc2F)cs1. The predicted molar refractivity (Wildman–Crippen MR) is 68.1 cm³/mol. The standard InChI is InChI=1S/C11H8BrFN2OS/c12-6-1-2-8(13)7(3-6)9-5-17-11(15-9)4-10(14)16/h1-3,5H,4H2,(H2,14,16). The van der Waals surface area contributed by atoms with Gasteiger partial charge in [0.2, 0.25) is 5.91 Å². The van der Waals surface area contributed by atoms with E-state index in [1.807, 2.05) is 0 Å². The third-order valence-corrected chi connectivity index (χ3v) is 3.42. The monoisotopic (exact) mass is 314 g/mol. The molecule has 1 amide bonds. The maximum atomic E-state index is 13.6. The van der Waals surface area contributed by atoms with Crippen molar-refractivity contribution in [3.05, 3.63) is 38.9 Å². The minimum Gasteiger partial charge on any atom is -0.369 e. The molecule has 2 aromatic rings. The minimum atomic E-state index is -0.444. The van der Waals surface area contributed by atoms with Crippen LogP contribution in [0.5, 0.6) is 0 Å². The normalized spacial score (nSPS) is 10.5. The Morgan fingerprint density at radius 1 is 1.53 bits per heavy atom. The number of aromatic nitrogens is 1. The van der Waals surface area contributed by atoms with Crippen LogP contribution in [-0.2, 0) is 11.2 Å². The quantitative estimate of drug-likeness (QED) is 0.947. The first-order valence-corrected chi connectivity index (χ1v) is 6.41. The maximum Gasteiger partial charge on any atom is 0.224 e. The zero-order valence-electron chi connectivity index (χ0n) is 8.61. The average Bonchev–Trinajstić information content (AvgIpc) is 2.69. The number of nitrogens with zero attached hydrogens (tertiary/aromatic N) is 1. The van der Waals surface area contributed by atoms with E-state index in [1.54, 1.807) is 17.5 Å². The highest BCUT2D eigenvalue weighted by Crippen LogP contribution is 2.27. The first-order valence-electron chi connectivity index (χ1n) is 4.74. The van der Waals surface area contributed by atoms with E-state index in [9.17, 15) is 9.18 Å². The molecule has 1 heterocycles. The van der Waals surface area contributed by atoms with Crippen LogP contribution in [0.2, 0.25) is 0 Å². The second-order valence-corrected chi connectivity index (χ2v) is 5.25. The van der Waals surface area contributed by atoms with Crippen LogP contribution in [0.25, 0.3) is 11.3 Å². The summed E-state index contributed by atoms with van der Waals surface area (Å²) in [6.07, 6.45) is 0.0836. The number of benzene rings is 1. The van der Waals surface area contributed by atoms with Crippen LogP contribution in [-0.4, -0.2) is 10.9 Å². The summed E-state index contributed by atoms with van der Waals surface area (Å²) in [4.78, 5) is 14.9. The number of nitrogens with two attached hydrogens (primary N) is 1. The summed E-state index contributed by atoms with van der Waals surface area (Å²) in [6, 6.07) is 4.64. The van der Waals surface area contributed by atoms with Crippen molar-refractivity contribution >= 4 is 33.2 Å². The van der Waals surface area contributed by atoms with E-state index >= 15 is 0 Å². The molecule has 1 aromatic heterocycles. The zero-order chi connectivity index (χ0) is 12.4. The van der Waals surface area contributed by atoms with Crippen LogP contribution in [0.4, 0.5) is 4.39 Å². The Morgan fingerprint density at radius 3 is 3.00 bits per heavy atom. The third kappa shape index (κ3) is 2.89. The van der Waals surface area contributed by atoms with Crippen LogP contribution in [0.1, 0.15) is 5.01 Å². The van der Waals surface area contributed by atoms with Crippen molar-refractivity contribution in [3.63, 3.8) is 0 Å². The molecule has 0 fully saturated rings. The second kappa shape index (κ2) is 4.93. The molecule has 17 heavy (non-hydrogen) atoms. The number of carbonyl (C=O) groups is 1. The smallest absolute Gasteiger partial charge is 0.224 e. The minimum absolute atomic E-state index is 0.0836. The van der Waals surface area contributed by atoms with E-state index in [1.165, 1.54) is 17.4 Å². The van der Waals surface area contributed by atoms with Gasteiger partial charge >= 0.3 is 0 Å². The Bertz CT molecular complexity index is 570. The van der Waals surface area contributed by atoms with Crippen molar-refractivity contribution in [3.8, 4) is 11.3 Å². The second-order valence-electron chi connectivity index (χ2n) is 3.39. The number of carbonyl (C=O) groups excluding carboxylic acids is 1. The topological polar surface area (TPSA) is 56.0 Å². The molecule has 0 bridgehead atoms. The van der Waals surface area contributed by atoms with Crippen LogP contribution in [0, 0.1) is 5.82 Å². The number of halogens is 2. The van der Waals surface area contributed by atoms with Gasteiger partial charge in [-0.05, 0) is 18.2 Å². The molecular formula is C11H8BrFN2OS. The number of hydrogen-bond acceptors (Lipinski definition) is 3. The van der Waals surface area contributed by atoms with E-state index in [-0.39, 0.29) is 12.2 Å². The van der Waals surface area contributed by atoms with Crippen LogP contribution < -0.4 is 5.73 Å². The number of primary amides is 1. The van der Waals surface area contributed by atoms with E-state index < -0.39 is 5.91 Å². The predicted octanol–water partition coefficient (Wildman–Crippen LogP) is 2.74. The van der Waals surface area contributed by atoms with E-state index in [4.69, 9.17) is 5.73 Å². The summed E-state index contributed by atoms with van der Waals surface area (Å²) in [5.41, 5.74) is 6.00. The van der Waals surface area contributed by atoms with Gasteiger partial charge in [-0.2, -0.15) is 0 Å². The Hall–Kier alpha value is -1.27. The van der Waals surface area contributed by atoms with Crippen molar-refractivity contribution in [1.29, 1.82) is 0 Å². The zero-order valence-corrected chi connectivity index (χ0v) is 11.0. The Kier molecular flexibility index (Phi) is 3.54. The molecule has 0 unspecified atom stereocenters. The molecule has 1 aromatic carbocycles. The molecule has 0 aliphatic heterocycles. The van der Waals surface area contributed by atoms with Gasteiger partial charge in [-0.3, -0.25) is 4.79 Å². The summed E-state index contributed by atoms with van der Waals surface area (Å²) in [5.74, 6) is -0.787. The summed E-state index contributed by atoms with van der Waals surface area (Å²) >= 11 is 4.57. The van der Waals surface area contributed by atoms with Gasteiger partial charge in [0.25, 0.3) is 0 Å². The number of amides is 1. The summed E-state index contributed by atoms with van der Waals surface area (Å²) in [7, 11) is 0. The van der Waals surface area contributed by atoms with Crippen molar-refractivity contribution in [2.75, 3.05) is 0 Å². The van der Waals surface area contributed by atoms with Gasteiger partial charge in [-0.1, -0.05) is 15.9 Å². The lowest BCUT2D eigenvalue weighted by Gasteiger charge is -1.99. The van der Waals surface area contributed by atoms with Gasteiger partial charge in [0.05, 0.1) is 12.1 Å². The average molecular weight is 315 g/mol. The van der Waals surface area contributed by atoms with Gasteiger partial charge < -0.3 is 5.73 Å². The van der Waals surface area contributed by atoms with Gasteiger partial charge in [0, 0.05) is 15.4 Å². The van der Waals surface area contributed by atoms with Gasteiger partial charge in [-0.25, -0.2) is 9.37 Å². The molecule has 0 radical (unpaired) electrons. The lowest BCUT2D eigenvalue weighted by molar-refractivity contribution is -0.117. The lowest BCUT2D eigenvalue weighted by Crippen LogP contribution is -2.13. The molecule has 6 heteroatoms. The van der Waals surface area contributed by atoms with Gasteiger partial charge in [0.15, 0.2) is 0 Å². The molecule has 0 spiro atoms. The van der Waals surface area contributed by atoms with Gasteiger partial charge in [0.1, 0.15) is 10.8 Å². The van der Waals surface area contributed by atoms with Crippen LogP contribution in [0.3, 0.4) is 0 Å². The molecule has 0 atom stereocenters. The highest BCUT2D eigenvalue weighted by Gasteiger charge is 2.11. The molecule has 2 rings (SSSR count). The fourth-order valence-electron chi connectivity index (χ4n) is 1.36. The molecule has 2 N–H and O–H groups in total. The fourth-order valence-corrected chi connectivity index (χ4v) is 2.52. The molecule has 0 saturated carbocycles. The Labute approximate surface area is 110 Å². The first-order chi connectivity index (χ1) is 8.06. The molecular weight excluding hydrogens is 307 g/mol. The maximum absolute atomic E-state index is 13.6. The van der Waals surface area contributed by atoms with E-state index in [0.717, 1.165) is 4.47 Å². The first kappa shape index (κ1) is 12.2. The molecule has 0 aliphatic rings. The largest absolute Gasteiger partial charge is 0.369 e. The van der Waals surface area contributed by atoms with Gasteiger partial charge in [-0.15, -0.1) is 11.3 Å². The third-order valence-electron chi connectivity index (χ3n) is 2.08. The number of hydrogen-bond donors (Lipinski definition) is 1.